The zero-order chi connectivity index (χ0) is 12.3. The number of rotatable bonds is 4. The molecule has 0 unspecified atom stereocenters. The van der Waals surface area contributed by atoms with E-state index in [2.05, 4.69) is 15.2 Å². The molecule has 17 heavy (non-hydrogen) atoms. The van der Waals surface area contributed by atoms with Crippen molar-refractivity contribution in [2.24, 2.45) is 0 Å². The van der Waals surface area contributed by atoms with E-state index in [-0.39, 0.29) is 6.42 Å². The average Bonchev–Trinajstić information content (AvgIpc) is 2.69. The second kappa shape index (κ2) is 4.78. The van der Waals surface area contributed by atoms with Gasteiger partial charge < -0.3 is 5.11 Å². The minimum Gasteiger partial charge on any atom is -0.481 e. The summed E-state index contributed by atoms with van der Waals surface area (Å²) >= 11 is 0. The molecular weight excluding hydrogens is 218 g/mol. The lowest BCUT2D eigenvalue weighted by molar-refractivity contribution is -0.136. The number of aromatic nitrogens is 3. The van der Waals surface area contributed by atoms with Crippen LogP contribution in [0.5, 0.6) is 0 Å². The number of aliphatic carboxylic acids is 1. The van der Waals surface area contributed by atoms with E-state index >= 15 is 0 Å². The fourth-order valence-corrected chi connectivity index (χ4v) is 1.73. The van der Waals surface area contributed by atoms with Gasteiger partial charge in [0, 0.05) is 35.6 Å². The molecule has 2 rings (SSSR count). The molecule has 0 bridgehead atoms. The quantitative estimate of drug-likeness (QED) is 0.840. The van der Waals surface area contributed by atoms with Gasteiger partial charge in [0.2, 0.25) is 0 Å². The zero-order valence-electron chi connectivity index (χ0n) is 9.47. The van der Waals surface area contributed by atoms with Crippen molar-refractivity contribution in [3.63, 3.8) is 0 Å². The summed E-state index contributed by atoms with van der Waals surface area (Å²) in [6.45, 7) is 1.89. The van der Waals surface area contributed by atoms with Gasteiger partial charge in [-0.1, -0.05) is 0 Å². The second-order valence-corrected chi connectivity index (χ2v) is 3.81. The van der Waals surface area contributed by atoms with E-state index in [1.54, 1.807) is 12.4 Å². The van der Waals surface area contributed by atoms with Crippen molar-refractivity contribution >= 4 is 5.97 Å². The Morgan fingerprint density at radius 1 is 1.53 bits per heavy atom. The molecule has 0 amide bonds. The topological polar surface area (TPSA) is 78.9 Å². The molecular formula is C12H13N3O2. The summed E-state index contributed by atoms with van der Waals surface area (Å²) in [7, 11) is 0. The van der Waals surface area contributed by atoms with Crippen LogP contribution in [-0.4, -0.2) is 26.3 Å². The maximum atomic E-state index is 10.6. The number of hydrogen-bond donors (Lipinski definition) is 2. The summed E-state index contributed by atoms with van der Waals surface area (Å²) in [6, 6.07) is 3.74. The van der Waals surface area contributed by atoms with E-state index in [0.29, 0.717) is 6.42 Å². The number of carboxylic acids is 1. The first-order valence-corrected chi connectivity index (χ1v) is 5.34. The van der Waals surface area contributed by atoms with Crippen molar-refractivity contribution in [2.75, 3.05) is 0 Å². The van der Waals surface area contributed by atoms with Crippen molar-refractivity contribution in [3.8, 4) is 11.3 Å². The van der Waals surface area contributed by atoms with Crippen LogP contribution in [0.15, 0.2) is 24.5 Å². The van der Waals surface area contributed by atoms with Gasteiger partial charge in [-0.05, 0) is 25.5 Å². The molecule has 0 radical (unpaired) electrons. The fraction of sp³-hybridized carbons (Fsp3) is 0.250. The molecule has 0 atom stereocenters. The Balaban J connectivity index is 2.32. The van der Waals surface area contributed by atoms with Gasteiger partial charge in [0.15, 0.2) is 0 Å². The van der Waals surface area contributed by atoms with E-state index in [1.807, 2.05) is 19.1 Å². The normalized spacial score (nSPS) is 10.4. The van der Waals surface area contributed by atoms with E-state index in [4.69, 9.17) is 5.11 Å². The molecule has 0 saturated heterocycles. The molecule has 0 saturated carbocycles. The fourth-order valence-electron chi connectivity index (χ4n) is 1.73. The summed E-state index contributed by atoms with van der Waals surface area (Å²) in [4.78, 5) is 14.6. The Hall–Kier alpha value is -2.17. The van der Waals surface area contributed by atoms with Crippen LogP contribution >= 0.6 is 0 Å². The lowest BCUT2D eigenvalue weighted by Crippen LogP contribution is -1.99. The van der Waals surface area contributed by atoms with Crippen LogP contribution in [0, 0.1) is 6.92 Å². The third-order valence-corrected chi connectivity index (χ3v) is 2.60. The van der Waals surface area contributed by atoms with Crippen LogP contribution in [0.25, 0.3) is 11.3 Å². The van der Waals surface area contributed by atoms with Crippen LogP contribution in [0.1, 0.15) is 17.7 Å². The van der Waals surface area contributed by atoms with E-state index in [9.17, 15) is 4.79 Å². The molecule has 2 aromatic rings. The van der Waals surface area contributed by atoms with Gasteiger partial charge in [-0.3, -0.25) is 14.9 Å². The molecule has 0 aliphatic carbocycles. The molecule has 0 aliphatic rings. The molecule has 0 fully saturated rings. The number of hydrogen-bond acceptors (Lipinski definition) is 3. The first-order chi connectivity index (χ1) is 8.18. The third kappa shape index (κ3) is 2.50. The van der Waals surface area contributed by atoms with Crippen molar-refractivity contribution in [1.82, 2.24) is 15.2 Å². The standard InChI is InChI=1S/C12H13N3O2/c1-8-10(4-5-11(16)17)12(15-14-8)9-3-2-6-13-7-9/h2-3,6-7H,4-5H2,1H3,(H,14,15)(H,16,17). The van der Waals surface area contributed by atoms with Gasteiger partial charge in [-0.15, -0.1) is 0 Å². The van der Waals surface area contributed by atoms with Crippen molar-refractivity contribution in [2.45, 2.75) is 19.8 Å². The molecule has 5 heteroatoms. The highest BCUT2D eigenvalue weighted by Crippen LogP contribution is 2.23. The lowest BCUT2D eigenvalue weighted by atomic mass is 10.0. The number of nitrogens with zero attached hydrogens (tertiary/aromatic N) is 2. The van der Waals surface area contributed by atoms with Gasteiger partial charge in [-0.2, -0.15) is 5.10 Å². The minimum atomic E-state index is -0.803. The third-order valence-electron chi connectivity index (χ3n) is 2.60. The highest BCUT2D eigenvalue weighted by Gasteiger charge is 2.13. The van der Waals surface area contributed by atoms with E-state index < -0.39 is 5.97 Å². The van der Waals surface area contributed by atoms with Crippen LogP contribution in [-0.2, 0) is 11.2 Å². The van der Waals surface area contributed by atoms with Gasteiger partial charge in [0.1, 0.15) is 0 Å². The zero-order valence-corrected chi connectivity index (χ0v) is 9.47. The molecule has 0 aliphatic heterocycles. The Labute approximate surface area is 98.5 Å². The number of aromatic amines is 1. The van der Waals surface area contributed by atoms with Gasteiger partial charge in [-0.25, -0.2) is 0 Å². The van der Waals surface area contributed by atoms with E-state index in [0.717, 1.165) is 22.5 Å². The van der Waals surface area contributed by atoms with Crippen LogP contribution in [0.3, 0.4) is 0 Å². The van der Waals surface area contributed by atoms with Gasteiger partial charge in [0.05, 0.1) is 5.69 Å². The Morgan fingerprint density at radius 2 is 2.35 bits per heavy atom. The van der Waals surface area contributed by atoms with Crippen LogP contribution in [0.2, 0.25) is 0 Å². The monoisotopic (exact) mass is 231 g/mol. The predicted octanol–water partition coefficient (Wildman–Crippen LogP) is 1.80. The molecule has 5 nitrogen and oxygen atoms in total. The molecule has 0 spiro atoms. The number of aryl methyl sites for hydroxylation is 1. The lowest BCUT2D eigenvalue weighted by Gasteiger charge is -2.01. The molecule has 2 heterocycles. The number of H-pyrrole nitrogens is 1. The molecule has 0 aromatic carbocycles. The van der Waals surface area contributed by atoms with Crippen LogP contribution < -0.4 is 0 Å². The first kappa shape index (κ1) is 11.3. The highest BCUT2D eigenvalue weighted by atomic mass is 16.4. The number of pyridine rings is 1. The van der Waals surface area contributed by atoms with Gasteiger partial charge >= 0.3 is 5.97 Å². The Morgan fingerprint density at radius 3 is 3.00 bits per heavy atom. The van der Waals surface area contributed by atoms with Crippen molar-refractivity contribution in [3.05, 3.63) is 35.8 Å². The largest absolute Gasteiger partial charge is 0.481 e. The molecule has 2 aromatic heterocycles. The van der Waals surface area contributed by atoms with Crippen molar-refractivity contribution in [1.29, 1.82) is 0 Å². The summed E-state index contributed by atoms with van der Waals surface area (Å²) in [5, 5.41) is 15.8. The summed E-state index contributed by atoms with van der Waals surface area (Å²) < 4.78 is 0. The SMILES string of the molecule is Cc1[nH]nc(-c2cccnc2)c1CCC(=O)O. The van der Waals surface area contributed by atoms with E-state index in [1.165, 1.54) is 0 Å². The molecule has 88 valence electrons. The summed E-state index contributed by atoms with van der Waals surface area (Å²) in [5.41, 5.74) is 3.54. The maximum Gasteiger partial charge on any atom is 0.303 e. The highest BCUT2D eigenvalue weighted by molar-refractivity contribution is 5.69. The summed E-state index contributed by atoms with van der Waals surface area (Å²) in [5.74, 6) is -0.803. The number of carbonyl (C=O) groups is 1. The second-order valence-electron chi connectivity index (χ2n) is 3.81. The maximum absolute atomic E-state index is 10.6. The number of nitrogens with one attached hydrogen (secondary N) is 1. The Kier molecular flexibility index (Phi) is 3.18. The van der Waals surface area contributed by atoms with Crippen molar-refractivity contribution < 1.29 is 9.90 Å². The molecule has 2 N–H and O–H groups in total. The van der Waals surface area contributed by atoms with Gasteiger partial charge in [0.25, 0.3) is 0 Å². The Bertz CT molecular complexity index is 520. The smallest absolute Gasteiger partial charge is 0.303 e. The minimum absolute atomic E-state index is 0.105. The number of carboxylic acid groups (broad SMARTS) is 1. The summed E-state index contributed by atoms with van der Waals surface area (Å²) in [6.07, 6.45) is 4.00. The average molecular weight is 231 g/mol. The predicted molar refractivity (Wildman–Crippen MR) is 62.5 cm³/mol. The first-order valence-electron chi connectivity index (χ1n) is 5.34. The van der Waals surface area contributed by atoms with Crippen LogP contribution in [0.4, 0.5) is 0 Å².